The van der Waals surface area contributed by atoms with Gasteiger partial charge in [0.2, 0.25) is 0 Å². The second-order valence-electron chi connectivity index (χ2n) is 3.78. The molecule has 0 aliphatic heterocycles. The van der Waals surface area contributed by atoms with Crippen molar-refractivity contribution in [3.05, 3.63) is 47.9 Å². The Balaban J connectivity index is 2.33. The molecule has 0 bridgehead atoms. The van der Waals surface area contributed by atoms with Gasteiger partial charge in [0, 0.05) is 11.1 Å². The van der Waals surface area contributed by atoms with E-state index in [1.54, 1.807) is 0 Å². The van der Waals surface area contributed by atoms with Gasteiger partial charge in [0.25, 0.3) is 0 Å². The van der Waals surface area contributed by atoms with Crippen LogP contribution in [0, 0.1) is 5.82 Å². The Kier molecular flexibility index (Phi) is 3.69. The van der Waals surface area contributed by atoms with E-state index in [0.29, 0.717) is 11.8 Å². The summed E-state index contributed by atoms with van der Waals surface area (Å²) in [5, 5.41) is 0. The Bertz CT molecular complexity index is 623. The highest BCUT2D eigenvalue weighted by atomic mass is 19.4. The van der Waals surface area contributed by atoms with Gasteiger partial charge in [-0.15, -0.1) is 13.2 Å². The lowest BCUT2D eigenvalue weighted by Gasteiger charge is -2.09. The maximum Gasteiger partial charge on any atom is 0.573 e. The summed E-state index contributed by atoms with van der Waals surface area (Å²) in [5.41, 5.74) is 0.566. The Morgan fingerprint density at radius 2 is 1.80 bits per heavy atom. The van der Waals surface area contributed by atoms with Crippen LogP contribution in [-0.4, -0.2) is 17.6 Å². The lowest BCUT2D eigenvalue weighted by atomic mass is 10.1. The molecular formula is C13H7F4NO2. The standard InChI is InChI=1S/C13H7F4NO2/c14-10-5-9(7-19)12(18-6-10)8-1-3-11(4-2-8)20-13(15,16)17/h1-7H. The molecule has 0 unspecified atom stereocenters. The van der Waals surface area contributed by atoms with Crippen LogP contribution in [0.1, 0.15) is 10.4 Å². The predicted molar refractivity (Wildman–Crippen MR) is 61.7 cm³/mol. The smallest absolute Gasteiger partial charge is 0.406 e. The van der Waals surface area contributed by atoms with Gasteiger partial charge in [-0.2, -0.15) is 0 Å². The zero-order valence-electron chi connectivity index (χ0n) is 9.82. The fourth-order valence-corrected chi connectivity index (χ4v) is 1.60. The van der Waals surface area contributed by atoms with Crippen LogP contribution in [0.5, 0.6) is 5.75 Å². The average Bonchev–Trinajstić information content (AvgIpc) is 2.38. The first-order chi connectivity index (χ1) is 9.39. The highest BCUT2D eigenvalue weighted by molar-refractivity contribution is 5.85. The van der Waals surface area contributed by atoms with Crippen molar-refractivity contribution in [2.24, 2.45) is 0 Å². The molecule has 0 atom stereocenters. The molecule has 104 valence electrons. The summed E-state index contributed by atoms with van der Waals surface area (Å²) in [5.74, 6) is -1.07. The first-order valence-corrected chi connectivity index (χ1v) is 5.36. The minimum atomic E-state index is -4.77. The summed E-state index contributed by atoms with van der Waals surface area (Å²) in [4.78, 5) is 14.6. The van der Waals surface area contributed by atoms with Crippen molar-refractivity contribution < 1.29 is 27.1 Å². The first-order valence-electron chi connectivity index (χ1n) is 5.36. The Morgan fingerprint density at radius 1 is 1.15 bits per heavy atom. The monoisotopic (exact) mass is 285 g/mol. The molecule has 0 aliphatic carbocycles. The Hall–Kier alpha value is -2.44. The number of halogens is 4. The molecule has 20 heavy (non-hydrogen) atoms. The van der Waals surface area contributed by atoms with Gasteiger partial charge in [0.1, 0.15) is 11.6 Å². The largest absolute Gasteiger partial charge is 0.573 e. The summed E-state index contributed by atoms with van der Waals surface area (Å²) < 4.78 is 52.7. The molecule has 0 aliphatic rings. The molecule has 2 rings (SSSR count). The van der Waals surface area contributed by atoms with Crippen molar-refractivity contribution in [2.75, 3.05) is 0 Å². The second-order valence-corrected chi connectivity index (χ2v) is 3.78. The maximum absolute atomic E-state index is 12.9. The molecule has 1 heterocycles. The number of ether oxygens (including phenoxy) is 1. The van der Waals surface area contributed by atoms with Gasteiger partial charge in [-0.25, -0.2) is 4.39 Å². The van der Waals surface area contributed by atoms with Gasteiger partial charge in [0.15, 0.2) is 6.29 Å². The second kappa shape index (κ2) is 5.28. The molecule has 1 aromatic carbocycles. The maximum atomic E-state index is 12.9. The molecule has 0 N–H and O–H groups in total. The van der Waals surface area contributed by atoms with Gasteiger partial charge < -0.3 is 4.74 Å². The van der Waals surface area contributed by atoms with E-state index in [4.69, 9.17) is 0 Å². The van der Waals surface area contributed by atoms with E-state index >= 15 is 0 Å². The number of carbonyl (C=O) groups excluding carboxylic acids is 1. The highest BCUT2D eigenvalue weighted by Crippen LogP contribution is 2.27. The number of hydrogen-bond acceptors (Lipinski definition) is 3. The molecular weight excluding hydrogens is 278 g/mol. The first kappa shape index (κ1) is 14.0. The fraction of sp³-hybridized carbons (Fsp3) is 0.0769. The third-order valence-corrected chi connectivity index (χ3v) is 2.37. The van der Waals surface area contributed by atoms with Crippen LogP contribution in [0.3, 0.4) is 0 Å². The highest BCUT2D eigenvalue weighted by Gasteiger charge is 2.31. The minimum absolute atomic E-state index is 0.00879. The number of pyridine rings is 1. The molecule has 7 heteroatoms. The number of benzene rings is 1. The molecule has 0 radical (unpaired) electrons. The topological polar surface area (TPSA) is 39.2 Å². The van der Waals surface area contributed by atoms with E-state index in [9.17, 15) is 22.4 Å². The Labute approximate surface area is 110 Å². The molecule has 0 spiro atoms. The van der Waals surface area contributed by atoms with Crippen molar-refractivity contribution in [1.82, 2.24) is 4.98 Å². The number of hydrogen-bond donors (Lipinski definition) is 0. The molecule has 3 nitrogen and oxygen atoms in total. The van der Waals surface area contributed by atoms with E-state index in [0.717, 1.165) is 24.4 Å². The van der Waals surface area contributed by atoms with Gasteiger partial charge in [-0.05, 0) is 30.3 Å². The van der Waals surface area contributed by atoms with Crippen LogP contribution in [0.2, 0.25) is 0 Å². The molecule has 0 fully saturated rings. The van der Waals surface area contributed by atoms with Gasteiger partial charge in [-0.3, -0.25) is 9.78 Å². The number of aromatic nitrogens is 1. The average molecular weight is 285 g/mol. The van der Waals surface area contributed by atoms with Crippen molar-refractivity contribution in [3.8, 4) is 17.0 Å². The van der Waals surface area contributed by atoms with E-state index in [2.05, 4.69) is 9.72 Å². The van der Waals surface area contributed by atoms with Gasteiger partial charge >= 0.3 is 6.36 Å². The van der Waals surface area contributed by atoms with E-state index in [-0.39, 0.29) is 11.3 Å². The van der Waals surface area contributed by atoms with Crippen LogP contribution in [0.25, 0.3) is 11.3 Å². The number of aldehydes is 1. The molecule has 2 aromatic rings. The van der Waals surface area contributed by atoms with E-state index in [1.807, 2.05) is 0 Å². The number of alkyl halides is 3. The predicted octanol–water partition coefficient (Wildman–Crippen LogP) is 3.60. The number of rotatable bonds is 3. The van der Waals surface area contributed by atoms with Crippen LogP contribution in [-0.2, 0) is 0 Å². The minimum Gasteiger partial charge on any atom is -0.406 e. The lowest BCUT2D eigenvalue weighted by Crippen LogP contribution is -2.16. The normalized spacial score (nSPS) is 11.2. The molecule has 1 aromatic heterocycles. The van der Waals surface area contributed by atoms with Crippen LogP contribution in [0.4, 0.5) is 17.6 Å². The number of carbonyl (C=O) groups is 1. The van der Waals surface area contributed by atoms with Crippen LogP contribution >= 0.6 is 0 Å². The summed E-state index contributed by atoms with van der Waals surface area (Å²) in [6, 6.07) is 5.77. The van der Waals surface area contributed by atoms with Crippen LogP contribution in [0.15, 0.2) is 36.5 Å². The summed E-state index contributed by atoms with van der Waals surface area (Å²) in [6.07, 6.45) is -3.43. The van der Waals surface area contributed by atoms with E-state index < -0.39 is 17.9 Å². The van der Waals surface area contributed by atoms with Crippen molar-refractivity contribution in [1.29, 1.82) is 0 Å². The van der Waals surface area contributed by atoms with Gasteiger partial charge in [0.05, 0.1) is 11.9 Å². The molecule has 0 saturated carbocycles. The SMILES string of the molecule is O=Cc1cc(F)cnc1-c1ccc(OC(F)(F)F)cc1. The zero-order chi connectivity index (χ0) is 14.8. The fourth-order valence-electron chi connectivity index (χ4n) is 1.60. The third kappa shape index (κ3) is 3.31. The number of nitrogens with zero attached hydrogens (tertiary/aromatic N) is 1. The molecule has 0 saturated heterocycles. The van der Waals surface area contributed by atoms with Gasteiger partial charge in [-0.1, -0.05) is 0 Å². The Morgan fingerprint density at radius 3 is 2.35 bits per heavy atom. The lowest BCUT2D eigenvalue weighted by molar-refractivity contribution is -0.274. The van der Waals surface area contributed by atoms with Crippen molar-refractivity contribution in [3.63, 3.8) is 0 Å². The van der Waals surface area contributed by atoms with E-state index in [1.165, 1.54) is 12.1 Å². The van der Waals surface area contributed by atoms with Crippen molar-refractivity contribution >= 4 is 6.29 Å². The zero-order valence-corrected chi connectivity index (χ0v) is 9.82. The van der Waals surface area contributed by atoms with Crippen molar-refractivity contribution in [2.45, 2.75) is 6.36 Å². The molecule has 0 amide bonds. The third-order valence-electron chi connectivity index (χ3n) is 2.37. The van der Waals surface area contributed by atoms with Crippen LogP contribution < -0.4 is 4.74 Å². The summed E-state index contributed by atoms with van der Waals surface area (Å²) >= 11 is 0. The summed E-state index contributed by atoms with van der Waals surface area (Å²) in [6.45, 7) is 0. The summed E-state index contributed by atoms with van der Waals surface area (Å²) in [7, 11) is 0. The quantitative estimate of drug-likeness (QED) is 0.639.